The highest BCUT2D eigenvalue weighted by molar-refractivity contribution is 7.99. The monoisotopic (exact) mass is 354 g/mol. The lowest BCUT2D eigenvalue weighted by molar-refractivity contribution is 1.16. The summed E-state index contributed by atoms with van der Waals surface area (Å²) in [5.74, 6) is 0. The van der Waals surface area contributed by atoms with E-state index < -0.39 is 0 Å². The van der Waals surface area contributed by atoms with Crippen LogP contribution < -0.4 is 5.56 Å². The van der Waals surface area contributed by atoms with Gasteiger partial charge in [-0.1, -0.05) is 72.4 Å². The molecule has 0 unspecified atom stereocenters. The quantitative estimate of drug-likeness (QED) is 0.549. The topological polar surface area (TPSA) is 56.6 Å². The molecule has 4 aromatic rings. The largest absolute Gasteiger partial charge is 0.320 e. The third-order valence-electron chi connectivity index (χ3n) is 4.14. The van der Waals surface area contributed by atoms with Crippen LogP contribution >= 0.6 is 11.8 Å². The minimum Gasteiger partial charge on any atom is -0.320 e. The number of nitriles is 1. The van der Waals surface area contributed by atoms with Crippen LogP contribution in [-0.2, 0) is 0 Å². The van der Waals surface area contributed by atoms with Gasteiger partial charge in [0.1, 0.15) is 11.6 Å². The number of benzene rings is 3. The summed E-state index contributed by atoms with van der Waals surface area (Å²) in [6.07, 6.45) is 0. The van der Waals surface area contributed by atoms with Crippen LogP contribution in [0.2, 0.25) is 0 Å². The number of rotatable bonds is 3. The number of hydrogen-bond donors (Lipinski definition) is 1. The fourth-order valence-corrected chi connectivity index (χ4v) is 3.88. The predicted molar refractivity (Wildman–Crippen MR) is 105 cm³/mol. The molecule has 0 bridgehead atoms. The number of pyridine rings is 1. The first-order valence-electron chi connectivity index (χ1n) is 8.14. The van der Waals surface area contributed by atoms with Crippen LogP contribution in [0.3, 0.4) is 0 Å². The van der Waals surface area contributed by atoms with Gasteiger partial charge in [-0.25, -0.2) is 0 Å². The minimum absolute atomic E-state index is 0.118. The van der Waals surface area contributed by atoms with Crippen LogP contribution in [0.4, 0.5) is 0 Å². The standard InChI is InChI=1S/C22H14N2OS/c23-14-18-13-20(21(24-22(18)25)16-7-2-1-3-8-16)26-19-11-10-15-6-4-5-9-17(15)12-19/h1-13H,(H,24,25). The van der Waals surface area contributed by atoms with Crippen molar-refractivity contribution in [2.45, 2.75) is 9.79 Å². The number of H-pyrrole nitrogens is 1. The van der Waals surface area contributed by atoms with Gasteiger partial charge in [-0.3, -0.25) is 4.79 Å². The molecule has 3 nitrogen and oxygen atoms in total. The molecule has 0 saturated carbocycles. The van der Waals surface area contributed by atoms with Gasteiger partial charge in [0, 0.05) is 9.79 Å². The fraction of sp³-hybridized carbons (Fsp3) is 0. The molecule has 0 amide bonds. The van der Waals surface area contributed by atoms with E-state index in [0.29, 0.717) is 0 Å². The Labute approximate surface area is 154 Å². The van der Waals surface area contributed by atoms with E-state index in [1.807, 2.05) is 48.5 Å². The number of nitrogens with zero attached hydrogens (tertiary/aromatic N) is 1. The first-order chi connectivity index (χ1) is 12.7. The maximum atomic E-state index is 12.1. The zero-order valence-corrected chi connectivity index (χ0v) is 14.6. The minimum atomic E-state index is -0.366. The SMILES string of the molecule is N#Cc1cc(Sc2ccc3ccccc3c2)c(-c2ccccc2)[nH]c1=O. The Morgan fingerprint density at radius 1 is 0.846 bits per heavy atom. The van der Waals surface area contributed by atoms with Gasteiger partial charge in [0.2, 0.25) is 0 Å². The molecule has 1 N–H and O–H groups in total. The zero-order chi connectivity index (χ0) is 17.9. The van der Waals surface area contributed by atoms with E-state index in [0.717, 1.165) is 26.4 Å². The van der Waals surface area contributed by atoms with Crippen LogP contribution in [-0.4, -0.2) is 4.98 Å². The third-order valence-corrected chi connectivity index (χ3v) is 5.17. The van der Waals surface area contributed by atoms with E-state index in [1.54, 1.807) is 17.8 Å². The van der Waals surface area contributed by atoms with E-state index in [9.17, 15) is 10.1 Å². The molecule has 0 aliphatic carbocycles. The van der Waals surface area contributed by atoms with E-state index in [4.69, 9.17) is 0 Å². The smallest absolute Gasteiger partial charge is 0.266 e. The van der Waals surface area contributed by atoms with E-state index in [-0.39, 0.29) is 11.1 Å². The average molecular weight is 354 g/mol. The van der Waals surface area contributed by atoms with Gasteiger partial charge in [-0.05, 0) is 34.5 Å². The molecule has 0 spiro atoms. The van der Waals surface area contributed by atoms with Crippen molar-refractivity contribution in [3.8, 4) is 17.3 Å². The Kier molecular flexibility index (Phi) is 4.30. The van der Waals surface area contributed by atoms with Gasteiger partial charge in [-0.15, -0.1) is 0 Å². The number of aromatic amines is 1. The number of hydrogen-bond acceptors (Lipinski definition) is 3. The Morgan fingerprint density at radius 3 is 2.35 bits per heavy atom. The number of fused-ring (bicyclic) bond motifs is 1. The number of aromatic nitrogens is 1. The molecule has 4 rings (SSSR count). The van der Waals surface area contributed by atoms with Crippen LogP contribution in [0.25, 0.3) is 22.0 Å². The molecule has 0 saturated heterocycles. The molecule has 4 heteroatoms. The molecule has 0 aliphatic heterocycles. The van der Waals surface area contributed by atoms with Gasteiger partial charge < -0.3 is 4.98 Å². The fourth-order valence-electron chi connectivity index (χ4n) is 2.85. The lowest BCUT2D eigenvalue weighted by atomic mass is 10.1. The average Bonchev–Trinajstić information content (AvgIpc) is 2.69. The third kappa shape index (κ3) is 3.13. The van der Waals surface area contributed by atoms with Crippen LogP contribution in [0.1, 0.15) is 5.56 Å². The lowest BCUT2D eigenvalue weighted by Crippen LogP contribution is -2.11. The summed E-state index contributed by atoms with van der Waals surface area (Å²) in [5, 5.41) is 11.6. The second-order valence-electron chi connectivity index (χ2n) is 5.84. The summed E-state index contributed by atoms with van der Waals surface area (Å²) in [6, 6.07) is 27.8. The Bertz CT molecular complexity index is 1190. The van der Waals surface area contributed by atoms with Gasteiger partial charge in [0.05, 0.1) is 5.69 Å². The van der Waals surface area contributed by atoms with Crippen molar-refractivity contribution < 1.29 is 0 Å². The van der Waals surface area contributed by atoms with Crippen LogP contribution in [0.5, 0.6) is 0 Å². The summed E-state index contributed by atoms with van der Waals surface area (Å²) in [7, 11) is 0. The summed E-state index contributed by atoms with van der Waals surface area (Å²) in [4.78, 5) is 16.9. The molecule has 124 valence electrons. The van der Waals surface area contributed by atoms with Crippen molar-refractivity contribution in [2.75, 3.05) is 0 Å². The van der Waals surface area contributed by atoms with Crippen molar-refractivity contribution >= 4 is 22.5 Å². The second kappa shape index (κ2) is 6.91. The molecule has 0 atom stereocenters. The molecule has 26 heavy (non-hydrogen) atoms. The zero-order valence-electron chi connectivity index (χ0n) is 13.8. The van der Waals surface area contributed by atoms with E-state index >= 15 is 0 Å². The second-order valence-corrected chi connectivity index (χ2v) is 6.96. The van der Waals surface area contributed by atoms with Crippen LogP contribution in [0.15, 0.2) is 93.4 Å². The molecule has 0 radical (unpaired) electrons. The van der Waals surface area contributed by atoms with Crippen molar-refractivity contribution in [3.05, 3.63) is 94.8 Å². The normalized spacial score (nSPS) is 10.6. The Balaban J connectivity index is 1.83. The summed E-state index contributed by atoms with van der Waals surface area (Å²) in [5.41, 5.74) is 1.40. The van der Waals surface area contributed by atoms with Gasteiger partial charge in [0.15, 0.2) is 0 Å². The Morgan fingerprint density at radius 2 is 1.58 bits per heavy atom. The lowest BCUT2D eigenvalue weighted by Gasteiger charge is -2.10. The highest BCUT2D eigenvalue weighted by Gasteiger charge is 2.12. The van der Waals surface area contributed by atoms with E-state index in [1.165, 1.54) is 5.39 Å². The predicted octanol–water partition coefficient (Wildman–Crippen LogP) is 5.22. The highest BCUT2D eigenvalue weighted by Crippen LogP contribution is 2.35. The van der Waals surface area contributed by atoms with Crippen molar-refractivity contribution in [1.29, 1.82) is 5.26 Å². The first-order valence-corrected chi connectivity index (χ1v) is 8.96. The van der Waals surface area contributed by atoms with Crippen molar-refractivity contribution in [3.63, 3.8) is 0 Å². The van der Waals surface area contributed by atoms with Crippen molar-refractivity contribution in [2.24, 2.45) is 0 Å². The molecular formula is C22H14N2OS. The van der Waals surface area contributed by atoms with Gasteiger partial charge in [0.25, 0.3) is 5.56 Å². The summed E-state index contributed by atoms with van der Waals surface area (Å²) in [6.45, 7) is 0. The van der Waals surface area contributed by atoms with Crippen LogP contribution in [0, 0.1) is 11.3 Å². The molecule has 1 heterocycles. The Hall–Kier alpha value is -3.29. The molecule has 0 fully saturated rings. The van der Waals surface area contributed by atoms with Gasteiger partial charge >= 0.3 is 0 Å². The molecule has 0 aliphatic rings. The molecule has 1 aromatic heterocycles. The highest BCUT2D eigenvalue weighted by atomic mass is 32.2. The maximum absolute atomic E-state index is 12.1. The summed E-state index contributed by atoms with van der Waals surface area (Å²) >= 11 is 1.54. The first kappa shape index (κ1) is 16.2. The molecular weight excluding hydrogens is 340 g/mol. The van der Waals surface area contributed by atoms with Crippen molar-refractivity contribution in [1.82, 2.24) is 4.98 Å². The molecule has 3 aromatic carbocycles. The maximum Gasteiger partial charge on any atom is 0.266 e. The number of nitrogens with one attached hydrogen (secondary N) is 1. The summed E-state index contributed by atoms with van der Waals surface area (Å²) < 4.78 is 0. The van der Waals surface area contributed by atoms with Gasteiger partial charge in [-0.2, -0.15) is 5.26 Å². The van der Waals surface area contributed by atoms with E-state index in [2.05, 4.69) is 35.3 Å².